The van der Waals surface area contributed by atoms with E-state index in [9.17, 15) is 0 Å². The summed E-state index contributed by atoms with van der Waals surface area (Å²) < 4.78 is 5.37. The smallest absolute Gasteiger partial charge is 0.0641 e. The highest BCUT2D eigenvalue weighted by molar-refractivity contribution is 6.32. The molecule has 0 radical (unpaired) electrons. The van der Waals surface area contributed by atoms with Gasteiger partial charge in [-0.3, -0.25) is 0 Å². The molecule has 17 heavy (non-hydrogen) atoms. The normalized spacial score (nSPS) is 10.6. The molecular weight excluding hydrogens is 257 g/mol. The molecule has 1 aromatic rings. The van der Waals surface area contributed by atoms with Crippen LogP contribution in [0.1, 0.15) is 19.4 Å². The van der Waals surface area contributed by atoms with Crippen LogP contribution >= 0.6 is 23.2 Å². The van der Waals surface area contributed by atoms with E-state index in [1.165, 1.54) is 0 Å². The maximum atomic E-state index is 6.15. The Bertz CT molecular complexity index is 344. The number of ether oxygens (including phenoxy) is 1. The van der Waals surface area contributed by atoms with Crippen LogP contribution in [0.25, 0.3) is 0 Å². The number of hydrogen-bond donors (Lipinski definition) is 0. The Morgan fingerprint density at radius 3 is 2.59 bits per heavy atom. The number of hydrogen-bond acceptors (Lipinski definition) is 2. The Hall–Kier alpha value is -0.440. The Balaban J connectivity index is 2.71. The van der Waals surface area contributed by atoms with Crippen molar-refractivity contribution in [2.24, 2.45) is 0 Å². The van der Waals surface area contributed by atoms with Gasteiger partial charge >= 0.3 is 0 Å². The summed E-state index contributed by atoms with van der Waals surface area (Å²) in [6, 6.07) is 6.00. The van der Waals surface area contributed by atoms with Crippen molar-refractivity contribution in [2.75, 3.05) is 31.2 Å². The molecule has 0 unspecified atom stereocenters. The molecule has 1 aromatic carbocycles. The van der Waals surface area contributed by atoms with Crippen LogP contribution in [0.15, 0.2) is 18.2 Å². The van der Waals surface area contributed by atoms with Gasteiger partial charge in [-0.05, 0) is 31.5 Å². The Labute approximate surface area is 113 Å². The zero-order chi connectivity index (χ0) is 12.7. The van der Waals surface area contributed by atoms with Crippen molar-refractivity contribution in [3.8, 4) is 0 Å². The van der Waals surface area contributed by atoms with Crippen LogP contribution in [0.2, 0.25) is 5.02 Å². The first-order valence-corrected chi connectivity index (χ1v) is 6.81. The monoisotopic (exact) mass is 275 g/mol. The maximum absolute atomic E-state index is 6.15. The predicted molar refractivity (Wildman–Crippen MR) is 75.4 cm³/mol. The van der Waals surface area contributed by atoms with Crippen LogP contribution in [0.4, 0.5) is 5.69 Å². The first-order valence-electron chi connectivity index (χ1n) is 5.90. The van der Waals surface area contributed by atoms with Gasteiger partial charge in [0.1, 0.15) is 0 Å². The molecule has 0 spiro atoms. The van der Waals surface area contributed by atoms with E-state index in [1.54, 1.807) is 0 Å². The molecule has 0 amide bonds. The average molecular weight is 276 g/mol. The molecule has 2 nitrogen and oxygen atoms in total. The van der Waals surface area contributed by atoms with Gasteiger partial charge in [0.2, 0.25) is 0 Å². The van der Waals surface area contributed by atoms with Gasteiger partial charge in [0.15, 0.2) is 0 Å². The lowest BCUT2D eigenvalue weighted by molar-refractivity contribution is 0.154. The minimum Gasteiger partial charge on any atom is -0.380 e. The highest BCUT2D eigenvalue weighted by atomic mass is 35.5. The van der Waals surface area contributed by atoms with Crippen molar-refractivity contribution in [1.29, 1.82) is 0 Å². The third-order valence-corrected chi connectivity index (χ3v) is 3.28. The van der Waals surface area contributed by atoms with Crippen molar-refractivity contribution in [1.82, 2.24) is 0 Å². The van der Waals surface area contributed by atoms with E-state index >= 15 is 0 Å². The van der Waals surface area contributed by atoms with E-state index in [4.69, 9.17) is 27.9 Å². The standard InChI is InChI=1S/C13H19Cl2NO/c1-3-16(7-8-17-4-2)12-6-5-11(10-14)13(15)9-12/h5-6,9H,3-4,7-8,10H2,1-2H3. The van der Waals surface area contributed by atoms with Crippen molar-refractivity contribution < 1.29 is 4.74 Å². The summed E-state index contributed by atoms with van der Waals surface area (Å²) >= 11 is 11.9. The molecule has 96 valence electrons. The van der Waals surface area contributed by atoms with Crippen LogP contribution in [0, 0.1) is 0 Å². The highest BCUT2D eigenvalue weighted by Gasteiger charge is 2.07. The van der Waals surface area contributed by atoms with Crippen LogP contribution < -0.4 is 4.90 Å². The zero-order valence-electron chi connectivity index (χ0n) is 10.4. The predicted octanol–water partition coefficient (Wildman–Crippen LogP) is 3.94. The summed E-state index contributed by atoms with van der Waals surface area (Å²) in [6.45, 7) is 7.42. The quantitative estimate of drug-likeness (QED) is 0.552. The number of benzene rings is 1. The molecule has 0 heterocycles. The van der Waals surface area contributed by atoms with Gasteiger partial charge in [0, 0.05) is 36.3 Å². The molecule has 0 aliphatic heterocycles. The SMILES string of the molecule is CCOCCN(CC)c1ccc(CCl)c(Cl)c1. The fourth-order valence-electron chi connectivity index (χ4n) is 1.63. The largest absolute Gasteiger partial charge is 0.380 e. The van der Waals surface area contributed by atoms with E-state index < -0.39 is 0 Å². The minimum atomic E-state index is 0.449. The highest BCUT2D eigenvalue weighted by Crippen LogP contribution is 2.24. The third-order valence-electron chi connectivity index (χ3n) is 2.64. The molecule has 0 aromatic heterocycles. The second-order valence-electron chi connectivity index (χ2n) is 3.69. The number of anilines is 1. The first kappa shape index (κ1) is 14.6. The molecule has 0 atom stereocenters. The van der Waals surface area contributed by atoms with E-state index in [0.29, 0.717) is 5.88 Å². The van der Waals surface area contributed by atoms with Gasteiger partial charge in [-0.15, -0.1) is 11.6 Å². The number of halogens is 2. The lowest BCUT2D eigenvalue weighted by Crippen LogP contribution is -2.27. The number of likely N-dealkylation sites (N-methyl/N-ethyl adjacent to an activating group) is 1. The second kappa shape index (κ2) is 7.80. The van der Waals surface area contributed by atoms with Crippen LogP contribution in [0.3, 0.4) is 0 Å². The van der Waals surface area contributed by atoms with Crippen molar-refractivity contribution in [3.63, 3.8) is 0 Å². The van der Waals surface area contributed by atoms with Crippen LogP contribution in [0.5, 0.6) is 0 Å². The summed E-state index contributed by atoms with van der Waals surface area (Å²) in [7, 11) is 0. The summed E-state index contributed by atoms with van der Waals surface area (Å²) in [6.07, 6.45) is 0. The maximum Gasteiger partial charge on any atom is 0.0641 e. The molecule has 1 rings (SSSR count). The third kappa shape index (κ3) is 4.38. The summed E-state index contributed by atoms with van der Waals surface area (Å²) in [5.74, 6) is 0.449. The van der Waals surface area contributed by atoms with E-state index in [1.807, 2.05) is 19.1 Å². The fraction of sp³-hybridized carbons (Fsp3) is 0.538. The van der Waals surface area contributed by atoms with Gasteiger partial charge in [-0.2, -0.15) is 0 Å². The summed E-state index contributed by atoms with van der Waals surface area (Å²) in [4.78, 5) is 2.24. The van der Waals surface area contributed by atoms with E-state index in [0.717, 1.165) is 42.6 Å². The van der Waals surface area contributed by atoms with Gasteiger partial charge in [0.25, 0.3) is 0 Å². The molecule has 0 aliphatic rings. The Morgan fingerprint density at radius 1 is 1.29 bits per heavy atom. The summed E-state index contributed by atoms with van der Waals surface area (Å²) in [5, 5.41) is 0.729. The molecule has 4 heteroatoms. The Morgan fingerprint density at radius 2 is 2.06 bits per heavy atom. The molecule has 0 fully saturated rings. The molecule has 0 aliphatic carbocycles. The van der Waals surface area contributed by atoms with Crippen LogP contribution in [-0.2, 0) is 10.6 Å². The van der Waals surface area contributed by atoms with E-state index in [2.05, 4.69) is 17.9 Å². The number of nitrogens with zero attached hydrogens (tertiary/aromatic N) is 1. The number of alkyl halides is 1. The second-order valence-corrected chi connectivity index (χ2v) is 4.36. The van der Waals surface area contributed by atoms with Crippen molar-refractivity contribution >= 4 is 28.9 Å². The molecule has 0 saturated carbocycles. The van der Waals surface area contributed by atoms with Crippen molar-refractivity contribution in [2.45, 2.75) is 19.7 Å². The summed E-state index contributed by atoms with van der Waals surface area (Å²) in [5.41, 5.74) is 2.09. The van der Waals surface area contributed by atoms with E-state index in [-0.39, 0.29) is 0 Å². The first-order chi connectivity index (χ1) is 8.22. The lowest BCUT2D eigenvalue weighted by Gasteiger charge is -2.23. The lowest BCUT2D eigenvalue weighted by atomic mass is 10.2. The average Bonchev–Trinajstić information content (AvgIpc) is 2.35. The molecular formula is C13H19Cl2NO. The number of rotatable bonds is 7. The zero-order valence-corrected chi connectivity index (χ0v) is 11.9. The molecule has 0 bridgehead atoms. The van der Waals surface area contributed by atoms with Gasteiger partial charge in [0.05, 0.1) is 6.61 Å². The topological polar surface area (TPSA) is 12.5 Å². The Kier molecular flexibility index (Phi) is 6.71. The van der Waals surface area contributed by atoms with Crippen molar-refractivity contribution in [3.05, 3.63) is 28.8 Å². The van der Waals surface area contributed by atoms with Gasteiger partial charge in [-0.1, -0.05) is 17.7 Å². The van der Waals surface area contributed by atoms with Crippen LogP contribution in [-0.4, -0.2) is 26.3 Å². The van der Waals surface area contributed by atoms with Gasteiger partial charge < -0.3 is 9.64 Å². The fourth-order valence-corrected chi connectivity index (χ4v) is 2.17. The molecule has 0 saturated heterocycles. The minimum absolute atomic E-state index is 0.449. The molecule has 0 N–H and O–H groups in total. The van der Waals surface area contributed by atoms with Gasteiger partial charge in [-0.25, -0.2) is 0 Å².